The fourth-order valence-corrected chi connectivity index (χ4v) is 3.97. The van der Waals surface area contributed by atoms with E-state index in [2.05, 4.69) is 29.2 Å². The number of non-ortho nitro benzene ring substituents is 1. The maximum absolute atomic E-state index is 10.8. The zero-order chi connectivity index (χ0) is 15.1. The van der Waals surface area contributed by atoms with Crippen molar-refractivity contribution in [2.45, 2.75) is 24.8 Å². The number of benzene rings is 2. The molecule has 0 amide bonds. The third-order valence-electron chi connectivity index (χ3n) is 5.02. The van der Waals surface area contributed by atoms with Crippen molar-refractivity contribution >= 4 is 5.69 Å². The van der Waals surface area contributed by atoms with Crippen molar-refractivity contribution in [1.82, 2.24) is 4.90 Å². The third kappa shape index (κ3) is 2.11. The summed E-state index contributed by atoms with van der Waals surface area (Å²) < 4.78 is 0. The van der Waals surface area contributed by atoms with Gasteiger partial charge in [-0.15, -0.1) is 0 Å². The zero-order valence-corrected chi connectivity index (χ0v) is 12.3. The predicted molar refractivity (Wildman–Crippen MR) is 84.9 cm³/mol. The molecule has 1 fully saturated rings. The number of nitro benzene ring substituents is 1. The Kier molecular flexibility index (Phi) is 3.19. The van der Waals surface area contributed by atoms with E-state index in [0.717, 1.165) is 13.1 Å². The SMILES string of the molecule is O=[N+]([O-])c1ccc([C@@H]2CN3CCC[C@H]3c3ccccc32)cc1. The van der Waals surface area contributed by atoms with E-state index in [4.69, 9.17) is 0 Å². The number of hydrogen-bond donors (Lipinski definition) is 0. The van der Waals surface area contributed by atoms with Gasteiger partial charge >= 0.3 is 0 Å². The van der Waals surface area contributed by atoms with Gasteiger partial charge in [-0.05, 0) is 36.1 Å². The van der Waals surface area contributed by atoms with Crippen LogP contribution in [0.3, 0.4) is 0 Å². The number of rotatable bonds is 2. The number of nitrogens with zero attached hydrogens (tertiary/aromatic N) is 2. The van der Waals surface area contributed by atoms with Gasteiger partial charge in [0.25, 0.3) is 5.69 Å². The standard InChI is InChI=1S/C18H18N2O2/c21-20(22)14-9-7-13(8-10-14)17-12-19-11-3-6-18(19)16-5-2-1-4-15(16)17/h1-2,4-5,7-10,17-18H,3,6,11-12H2/t17-,18-/m0/s1. The van der Waals surface area contributed by atoms with Crippen molar-refractivity contribution in [3.05, 3.63) is 75.3 Å². The maximum atomic E-state index is 10.8. The summed E-state index contributed by atoms with van der Waals surface area (Å²) in [7, 11) is 0. The van der Waals surface area contributed by atoms with Crippen LogP contribution in [0.5, 0.6) is 0 Å². The Bertz CT molecular complexity index is 711. The van der Waals surface area contributed by atoms with Crippen LogP contribution in [0.4, 0.5) is 5.69 Å². The minimum absolute atomic E-state index is 0.159. The summed E-state index contributed by atoms with van der Waals surface area (Å²) in [6.45, 7) is 2.17. The van der Waals surface area contributed by atoms with Crippen molar-refractivity contribution in [3.8, 4) is 0 Å². The largest absolute Gasteiger partial charge is 0.295 e. The highest BCUT2D eigenvalue weighted by atomic mass is 16.6. The Morgan fingerprint density at radius 3 is 2.50 bits per heavy atom. The van der Waals surface area contributed by atoms with E-state index in [0.29, 0.717) is 12.0 Å². The van der Waals surface area contributed by atoms with E-state index in [-0.39, 0.29) is 10.6 Å². The molecule has 2 aliphatic rings. The molecule has 4 rings (SSSR count). The summed E-state index contributed by atoms with van der Waals surface area (Å²) in [6.07, 6.45) is 2.50. The van der Waals surface area contributed by atoms with Gasteiger partial charge in [-0.1, -0.05) is 36.4 Å². The Morgan fingerprint density at radius 2 is 1.77 bits per heavy atom. The summed E-state index contributed by atoms with van der Waals surface area (Å²) in [5.74, 6) is 0.311. The first-order valence-electron chi connectivity index (χ1n) is 7.81. The number of nitro groups is 1. The Morgan fingerprint density at radius 1 is 1.05 bits per heavy atom. The van der Waals surface area contributed by atoms with Crippen molar-refractivity contribution < 1.29 is 4.92 Å². The lowest BCUT2D eigenvalue weighted by molar-refractivity contribution is -0.384. The quantitative estimate of drug-likeness (QED) is 0.624. The van der Waals surface area contributed by atoms with Gasteiger partial charge in [0, 0.05) is 30.6 Å². The van der Waals surface area contributed by atoms with Crippen LogP contribution in [0.25, 0.3) is 0 Å². The van der Waals surface area contributed by atoms with E-state index >= 15 is 0 Å². The van der Waals surface area contributed by atoms with E-state index in [1.54, 1.807) is 12.1 Å². The fraction of sp³-hybridized carbons (Fsp3) is 0.333. The zero-order valence-electron chi connectivity index (χ0n) is 12.3. The molecule has 2 aromatic carbocycles. The molecule has 2 aromatic rings. The van der Waals surface area contributed by atoms with Crippen LogP contribution in [0.1, 0.15) is 41.5 Å². The number of hydrogen-bond acceptors (Lipinski definition) is 3. The summed E-state index contributed by atoms with van der Waals surface area (Å²) in [6, 6.07) is 16.3. The highest BCUT2D eigenvalue weighted by Crippen LogP contribution is 2.44. The second-order valence-electron chi connectivity index (χ2n) is 6.18. The molecule has 4 nitrogen and oxygen atoms in total. The van der Waals surface area contributed by atoms with Gasteiger partial charge in [0.15, 0.2) is 0 Å². The van der Waals surface area contributed by atoms with Crippen LogP contribution in [-0.4, -0.2) is 22.9 Å². The van der Waals surface area contributed by atoms with Gasteiger partial charge in [0.05, 0.1) is 4.92 Å². The maximum Gasteiger partial charge on any atom is 0.269 e. The molecular formula is C18H18N2O2. The fourth-order valence-electron chi connectivity index (χ4n) is 3.97. The molecule has 2 atom stereocenters. The molecule has 0 unspecified atom stereocenters. The highest BCUT2D eigenvalue weighted by molar-refractivity contribution is 5.44. The number of fused-ring (bicyclic) bond motifs is 3. The summed E-state index contributed by atoms with van der Waals surface area (Å²) >= 11 is 0. The molecule has 2 aliphatic heterocycles. The topological polar surface area (TPSA) is 46.4 Å². The molecule has 4 heteroatoms. The molecule has 0 N–H and O–H groups in total. The minimum atomic E-state index is -0.338. The van der Waals surface area contributed by atoms with Gasteiger partial charge in [0.1, 0.15) is 0 Å². The highest BCUT2D eigenvalue weighted by Gasteiger charge is 2.36. The van der Waals surface area contributed by atoms with Gasteiger partial charge in [0.2, 0.25) is 0 Å². The molecule has 1 saturated heterocycles. The third-order valence-corrected chi connectivity index (χ3v) is 5.02. The minimum Gasteiger partial charge on any atom is -0.295 e. The van der Waals surface area contributed by atoms with Crippen LogP contribution < -0.4 is 0 Å². The summed E-state index contributed by atoms with van der Waals surface area (Å²) in [5, 5.41) is 10.8. The van der Waals surface area contributed by atoms with Crippen LogP contribution >= 0.6 is 0 Å². The lowest BCUT2D eigenvalue weighted by Gasteiger charge is -2.37. The lowest BCUT2D eigenvalue weighted by atomic mass is 9.81. The molecule has 0 saturated carbocycles. The normalized spacial score (nSPS) is 23.8. The van der Waals surface area contributed by atoms with E-state index in [9.17, 15) is 10.1 Å². The molecule has 112 valence electrons. The molecular weight excluding hydrogens is 276 g/mol. The van der Waals surface area contributed by atoms with Crippen LogP contribution in [0.15, 0.2) is 48.5 Å². The van der Waals surface area contributed by atoms with E-state index < -0.39 is 0 Å². The Labute approximate surface area is 129 Å². The molecule has 0 aromatic heterocycles. The molecule has 0 aliphatic carbocycles. The van der Waals surface area contributed by atoms with Crippen molar-refractivity contribution in [2.75, 3.05) is 13.1 Å². The monoisotopic (exact) mass is 294 g/mol. The van der Waals surface area contributed by atoms with Gasteiger partial charge in [-0.3, -0.25) is 15.0 Å². The summed E-state index contributed by atoms with van der Waals surface area (Å²) in [4.78, 5) is 13.1. The molecule has 2 heterocycles. The van der Waals surface area contributed by atoms with Gasteiger partial charge in [-0.25, -0.2) is 0 Å². The first-order valence-corrected chi connectivity index (χ1v) is 7.81. The summed E-state index contributed by atoms with van der Waals surface area (Å²) in [5.41, 5.74) is 4.16. The first kappa shape index (κ1) is 13.5. The Balaban J connectivity index is 1.75. The van der Waals surface area contributed by atoms with E-state index in [1.165, 1.54) is 29.5 Å². The molecule has 0 spiro atoms. The van der Waals surface area contributed by atoms with Crippen LogP contribution in [0.2, 0.25) is 0 Å². The van der Waals surface area contributed by atoms with Crippen molar-refractivity contribution in [3.63, 3.8) is 0 Å². The average Bonchev–Trinajstić information content (AvgIpc) is 3.03. The van der Waals surface area contributed by atoms with Gasteiger partial charge < -0.3 is 0 Å². The lowest BCUT2D eigenvalue weighted by Crippen LogP contribution is -2.34. The average molecular weight is 294 g/mol. The molecule has 0 radical (unpaired) electrons. The predicted octanol–water partition coefficient (Wildman–Crippen LogP) is 3.88. The Hall–Kier alpha value is -2.20. The molecule has 22 heavy (non-hydrogen) atoms. The molecule has 0 bridgehead atoms. The van der Waals surface area contributed by atoms with Crippen molar-refractivity contribution in [2.24, 2.45) is 0 Å². The second-order valence-corrected chi connectivity index (χ2v) is 6.18. The smallest absolute Gasteiger partial charge is 0.269 e. The first-order chi connectivity index (χ1) is 10.7. The second kappa shape index (κ2) is 5.21. The van der Waals surface area contributed by atoms with Gasteiger partial charge in [-0.2, -0.15) is 0 Å². The van der Waals surface area contributed by atoms with Crippen molar-refractivity contribution in [1.29, 1.82) is 0 Å². The van der Waals surface area contributed by atoms with E-state index in [1.807, 2.05) is 12.1 Å². The van der Waals surface area contributed by atoms with Crippen LogP contribution in [-0.2, 0) is 0 Å². The van der Waals surface area contributed by atoms with Crippen LogP contribution in [0, 0.1) is 10.1 Å².